The van der Waals surface area contributed by atoms with Gasteiger partial charge in [-0.05, 0) is 18.8 Å². The fourth-order valence-electron chi connectivity index (χ4n) is 3.25. The average Bonchev–Trinajstić information content (AvgIpc) is 2.52. The normalized spacial score (nSPS) is 38.6. The highest BCUT2D eigenvalue weighted by Gasteiger charge is 2.43. The Morgan fingerprint density at radius 3 is 2.33 bits per heavy atom. The van der Waals surface area contributed by atoms with Crippen LogP contribution in [0.25, 0.3) is 0 Å². The third-order valence-corrected chi connectivity index (χ3v) is 4.61. The van der Waals surface area contributed by atoms with Crippen molar-refractivity contribution in [1.82, 2.24) is 0 Å². The van der Waals surface area contributed by atoms with E-state index < -0.39 is 37.3 Å². The Kier molecular flexibility index (Phi) is 6.85. The molecule has 0 bridgehead atoms. The summed E-state index contributed by atoms with van der Waals surface area (Å²) in [6, 6.07) is 0. The Morgan fingerprint density at radius 2 is 1.67 bits per heavy atom. The second-order valence-corrected chi connectivity index (χ2v) is 6.21. The van der Waals surface area contributed by atoms with Gasteiger partial charge >= 0.3 is 0 Å². The number of ether oxygens (including phenoxy) is 2. The van der Waals surface area contributed by atoms with E-state index in [0.717, 1.165) is 18.8 Å². The van der Waals surface area contributed by atoms with Crippen molar-refractivity contribution in [3.8, 4) is 0 Å². The van der Waals surface area contributed by atoms with Crippen LogP contribution in [-0.4, -0.2) is 64.3 Å². The molecular formula is C15H28O6. The molecular weight excluding hydrogens is 276 g/mol. The number of hydrogen-bond donors (Lipinski definition) is 4. The molecule has 5 atom stereocenters. The lowest BCUT2D eigenvalue weighted by molar-refractivity contribution is -0.301. The molecule has 4 N–H and O–H groups in total. The van der Waals surface area contributed by atoms with Crippen LogP contribution in [0.4, 0.5) is 0 Å². The first kappa shape index (κ1) is 17.1. The fraction of sp³-hybridized carbons (Fsp3) is 1.00. The minimum absolute atomic E-state index is 0.424. The zero-order valence-corrected chi connectivity index (χ0v) is 12.4. The molecule has 0 aromatic carbocycles. The minimum Gasteiger partial charge on any atom is -0.394 e. The Labute approximate surface area is 125 Å². The first-order valence-corrected chi connectivity index (χ1v) is 8.05. The number of rotatable bonds is 6. The van der Waals surface area contributed by atoms with Crippen LogP contribution in [0.5, 0.6) is 0 Å². The van der Waals surface area contributed by atoms with Gasteiger partial charge in [0.1, 0.15) is 24.4 Å². The molecule has 1 saturated heterocycles. The molecule has 1 saturated carbocycles. The Bertz CT molecular complexity index is 292. The Balaban J connectivity index is 1.69. The first-order valence-electron chi connectivity index (χ1n) is 8.05. The lowest BCUT2D eigenvalue weighted by Gasteiger charge is -2.39. The van der Waals surface area contributed by atoms with Crippen molar-refractivity contribution in [1.29, 1.82) is 0 Å². The van der Waals surface area contributed by atoms with Gasteiger partial charge in [0.05, 0.1) is 6.61 Å². The molecule has 0 radical (unpaired) electrons. The van der Waals surface area contributed by atoms with Crippen LogP contribution in [0.3, 0.4) is 0 Å². The van der Waals surface area contributed by atoms with Crippen molar-refractivity contribution in [3.05, 3.63) is 0 Å². The molecule has 6 nitrogen and oxygen atoms in total. The van der Waals surface area contributed by atoms with E-state index in [-0.39, 0.29) is 0 Å². The van der Waals surface area contributed by atoms with Gasteiger partial charge in [-0.3, -0.25) is 0 Å². The van der Waals surface area contributed by atoms with Gasteiger partial charge in [0, 0.05) is 6.61 Å². The van der Waals surface area contributed by atoms with E-state index in [0.29, 0.717) is 6.61 Å². The average molecular weight is 304 g/mol. The van der Waals surface area contributed by atoms with Crippen molar-refractivity contribution in [2.24, 2.45) is 5.92 Å². The smallest absolute Gasteiger partial charge is 0.186 e. The van der Waals surface area contributed by atoms with Gasteiger partial charge in [0.15, 0.2) is 6.29 Å². The summed E-state index contributed by atoms with van der Waals surface area (Å²) < 4.78 is 10.8. The topological polar surface area (TPSA) is 99.4 Å². The Morgan fingerprint density at radius 1 is 0.952 bits per heavy atom. The summed E-state index contributed by atoms with van der Waals surface area (Å²) in [6.45, 7) is 0.0199. The molecule has 124 valence electrons. The molecule has 21 heavy (non-hydrogen) atoms. The van der Waals surface area contributed by atoms with E-state index in [1.54, 1.807) is 0 Å². The maximum atomic E-state index is 9.83. The lowest BCUT2D eigenvalue weighted by Crippen LogP contribution is -2.59. The zero-order valence-electron chi connectivity index (χ0n) is 12.4. The van der Waals surface area contributed by atoms with Crippen LogP contribution >= 0.6 is 0 Å². The van der Waals surface area contributed by atoms with Crippen LogP contribution in [-0.2, 0) is 9.47 Å². The van der Waals surface area contributed by atoms with Crippen molar-refractivity contribution in [3.63, 3.8) is 0 Å². The molecule has 0 aromatic rings. The summed E-state index contributed by atoms with van der Waals surface area (Å²) in [5.74, 6) is 0.775. The quantitative estimate of drug-likeness (QED) is 0.522. The van der Waals surface area contributed by atoms with E-state index in [1.807, 2.05) is 0 Å². The molecule has 6 heteroatoms. The van der Waals surface area contributed by atoms with Crippen molar-refractivity contribution in [2.45, 2.75) is 75.7 Å². The van der Waals surface area contributed by atoms with Crippen molar-refractivity contribution < 1.29 is 29.9 Å². The molecule has 0 aromatic heterocycles. The van der Waals surface area contributed by atoms with E-state index >= 15 is 0 Å². The van der Waals surface area contributed by atoms with Gasteiger partial charge in [-0.2, -0.15) is 0 Å². The summed E-state index contributed by atoms with van der Waals surface area (Å²) in [6.07, 6.45) is 2.69. The highest BCUT2D eigenvalue weighted by atomic mass is 16.7. The third-order valence-electron chi connectivity index (χ3n) is 4.61. The summed E-state index contributed by atoms with van der Waals surface area (Å²) >= 11 is 0. The number of aliphatic hydroxyl groups excluding tert-OH is 4. The van der Waals surface area contributed by atoms with Gasteiger partial charge in [0.2, 0.25) is 0 Å². The van der Waals surface area contributed by atoms with Gasteiger partial charge in [-0.1, -0.05) is 32.1 Å². The van der Waals surface area contributed by atoms with Crippen LogP contribution in [0.1, 0.15) is 44.9 Å². The van der Waals surface area contributed by atoms with E-state index in [1.165, 1.54) is 32.1 Å². The molecule has 0 spiro atoms. The molecule has 3 unspecified atom stereocenters. The van der Waals surface area contributed by atoms with E-state index in [2.05, 4.69) is 0 Å². The maximum absolute atomic E-state index is 9.83. The third kappa shape index (κ3) is 4.61. The highest BCUT2D eigenvalue weighted by Crippen LogP contribution is 2.27. The summed E-state index contributed by atoms with van der Waals surface area (Å²) in [7, 11) is 0. The predicted molar refractivity (Wildman–Crippen MR) is 75.5 cm³/mol. The van der Waals surface area contributed by atoms with E-state index in [4.69, 9.17) is 14.6 Å². The summed E-state index contributed by atoms with van der Waals surface area (Å²) in [5, 5.41) is 38.2. The number of aliphatic hydroxyl groups is 4. The standard InChI is InChI=1S/C15H28O6/c16-9-11-12(17)13(18)14(19)15(21-11)20-8-4-7-10-5-2-1-3-6-10/h10-19H,1-9H2/t11?,12-,13?,14?,15-/m1/s1. The molecule has 1 heterocycles. The predicted octanol–water partition coefficient (Wildman–Crippen LogP) is 0.163. The van der Waals surface area contributed by atoms with Gasteiger partial charge < -0.3 is 29.9 Å². The maximum Gasteiger partial charge on any atom is 0.186 e. The van der Waals surface area contributed by atoms with Crippen LogP contribution in [0, 0.1) is 5.92 Å². The van der Waals surface area contributed by atoms with Gasteiger partial charge in [-0.25, -0.2) is 0 Å². The van der Waals surface area contributed by atoms with Crippen molar-refractivity contribution >= 4 is 0 Å². The molecule has 1 aliphatic heterocycles. The lowest BCUT2D eigenvalue weighted by atomic mass is 9.86. The first-order chi connectivity index (χ1) is 10.1. The van der Waals surface area contributed by atoms with Crippen LogP contribution in [0.2, 0.25) is 0 Å². The molecule has 2 fully saturated rings. The van der Waals surface area contributed by atoms with Gasteiger partial charge in [-0.15, -0.1) is 0 Å². The fourth-order valence-corrected chi connectivity index (χ4v) is 3.25. The molecule has 2 rings (SSSR count). The number of hydrogen-bond acceptors (Lipinski definition) is 6. The second-order valence-electron chi connectivity index (χ2n) is 6.21. The monoisotopic (exact) mass is 304 g/mol. The SMILES string of the molecule is OCC1O[C@@H](OCCCC2CCCCC2)C(O)C(O)[C@@H]1O. The second kappa shape index (κ2) is 8.41. The summed E-state index contributed by atoms with van der Waals surface area (Å²) in [4.78, 5) is 0. The largest absolute Gasteiger partial charge is 0.394 e. The van der Waals surface area contributed by atoms with Crippen LogP contribution in [0.15, 0.2) is 0 Å². The van der Waals surface area contributed by atoms with Crippen LogP contribution < -0.4 is 0 Å². The Hall–Kier alpha value is -0.240. The molecule has 2 aliphatic rings. The van der Waals surface area contributed by atoms with E-state index in [9.17, 15) is 15.3 Å². The van der Waals surface area contributed by atoms with Crippen molar-refractivity contribution in [2.75, 3.05) is 13.2 Å². The van der Waals surface area contributed by atoms with Gasteiger partial charge in [0.25, 0.3) is 0 Å². The molecule has 0 amide bonds. The summed E-state index contributed by atoms with van der Waals surface area (Å²) in [5.41, 5.74) is 0. The highest BCUT2D eigenvalue weighted by molar-refractivity contribution is 4.88. The molecule has 1 aliphatic carbocycles. The minimum atomic E-state index is -1.36. The zero-order chi connectivity index (χ0) is 15.2.